The Labute approximate surface area is 733 Å². The third-order valence-corrected chi connectivity index (χ3v) is 28.8. The van der Waals surface area contributed by atoms with Crippen LogP contribution in [-0.4, -0.2) is 0 Å². The van der Waals surface area contributed by atoms with Crippen LogP contribution in [0.1, 0.15) is 234 Å². The molecule has 0 heterocycles. The fraction of sp³-hybridized carbons (Fsp3) is 0.350. The Morgan fingerprint density at radius 1 is 0.100 bits per heavy atom. The van der Waals surface area contributed by atoms with E-state index >= 15 is 0 Å². The molecule has 0 aliphatic carbocycles. The van der Waals surface area contributed by atoms with E-state index in [1.54, 1.807) is 0 Å². The minimum atomic E-state index is 1.25. The van der Waals surface area contributed by atoms with E-state index in [1.165, 1.54) is 278 Å². The zero-order chi connectivity index (χ0) is 90.7. The largest absolute Gasteiger partial charge is 0.0622 e. The van der Waals surface area contributed by atoms with Gasteiger partial charge in [-0.2, -0.15) is 0 Å². The normalized spacial score (nSPS) is 10.4. The van der Waals surface area contributed by atoms with Gasteiger partial charge in [0.25, 0.3) is 0 Å². The number of benzene rings is 13. The molecule has 0 saturated carbocycles. The van der Waals surface area contributed by atoms with Gasteiger partial charge in [0.05, 0.1) is 0 Å². The third-order valence-electron chi connectivity index (χ3n) is 28.8. The summed E-state index contributed by atoms with van der Waals surface area (Å²) in [6, 6.07) is 60.7. The standard InChI is InChI=1S/C32H26.4C12H18.C11H16.2C10H14.C9H12/c1-23-29(25-15-7-3-8-16-25)31(27-19-11-5-12-20-27)24(2)32(28-21-13-6-14-22-28)30(23)26-17-9-4-10-18-26;4*1-7-8(2)10(4)12(6)11(5)9(7)3;1-7-6-8(2)10(4)11(5)9(7)3;1-7-5-8(2)10(4)9(3)6-7;1-7-5-6-8(2)10(4)9(7)3;1-7-5-4-6-8(2)9(7)3/h3-22H,1-2H3;4*1-6H3;6H,1-5H3;2*5-6H,1-4H3;4-6H,1-3H3. The first-order chi connectivity index (χ1) is 56.1. The van der Waals surface area contributed by atoms with Gasteiger partial charge in [0, 0.05) is 0 Å². The van der Waals surface area contributed by atoms with Gasteiger partial charge >= 0.3 is 0 Å². The quantitative estimate of drug-likeness (QED) is 0.165. The van der Waals surface area contributed by atoms with Crippen molar-refractivity contribution in [2.75, 3.05) is 0 Å². The van der Waals surface area contributed by atoms with Crippen molar-refractivity contribution in [3.05, 3.63) is 404 Å². The number of rotatable bonds is 4. The number of hydrogen-bond acceptors (Lipinski definition) is 0. The molecule has 634 valence electrons. The molecule has 0 heteroatoms. The highest BCUT2D eigenvalue weighted by Gasteiger charge is 2.24. The smallest absolute Gasteiger partial charge is 0.00668 e. The van der Waals surface area contributed by atoms with Crippen LogP contribution >= 0.6 is 0 Å². The van der Waals surface area contributed by atoms with Gasteiger partial charge in [-0.05, 0) is 563 Å². The molecule has 13 aromatic carbocycles. The van der Waals surface area contributed by atoms with Crippen LogP contribution in [0.15, 0.2) is 170 Å². The molecule has 0 atom stereocenters. The second-order valence-electron chi connectivity index (χ2n) is 35.1. The zero-order valence-corrected chi connectivity index (χ0v) is 83.2. The molecule has 0 nitrogen and oxygen atoms in total. The first kappa shape index (κ1) is 100. The Kier molecular flexibility index (Phi) is 37.6. The minimum Gasteiger partial charge on any atom is -0.0622 e. The summed E-state index contributed by atoms with van der Waals surface area (Å²) in [7, 11) is 0. The summed E-state index contributed by atoms with van der Waals surface area (Å²) < 4.78 is 0. The van der Waals surface area contributed by atoms with Crippen molar-refractivity contribution < 1.29 is 0 Å². The van der Waals surface area contributed by atoms with E-state index in [0.717, 1.165) is 0 Å². The van der Waals surface area contributed by atoms with Gasteiger partial charge in [0.2, 0.25) is 0 Å². The molecule has 0 aromatic heterocycles. The predicted octanol–water partition coefficient (Wildman–Crippen LogP) is 34.8. The molecule has 0 fully saturated rings. The van der Waals surface area contributed by atoms with E-state index in [2.05, 4.69) is 461 Å². The van der Waals surface area contributed by atoms with Gasteiger partial charge < -0.3 is 0 Å². The Balaban J connectivity index is 0.000000252. The lowest BCUT2D eigenvalue weighted by Gasteiger charge is -2.25. The third kappa shape index (κ3) is 24.4. The van der Waals surface area contributed by atoms with Crippen LogP contribution in [0.25, 0.3) is 44.5 Å². The van der Waals surface area contributed by atoms with Gasteiger partial charge in [-0.3, -0.25) is 0 Å². The molecule has 0 N–H and O–H groups in total. The van der Waals surface area contributed by atoms with Crippen LogP contribution < -0.4 is 0 Å². The lowest BCUT2D eigenvalue weighted by atomic mass is 9.78. The molecule has 120 heavy (non-hydrogen) atoms. The monoisotopic (exact) mass is 1600 g/mol. The average Bonchev–Trinajstić information content (AvgIpc) is 0.737. The summed E-state index contributed by atoms with van der Waals surface area (Å²) in [4.78, 5) is 0. The molecule has 0 amide bonds. The van der Waals surface area contributed by atoms with E-state index in [-0.39, 0.29) is 0 Å². The van der Waals surface area contributed by atoms with Crippen molar-refractivity contribution in [3.8, 4) is 44.5 Å². The molecule has 13 rings (SSSR count). The molecule has 0 unspecified atom stereocenters. The zero-order valence-electron chi connectivity index (χ0n) is 83.2. The number of aryl methyl sites for hydroxylation is 9. The van der Waals surface area contributed by atoms with Crippen LogP contribution in [0.2, 0.25) is 0 Å². The second kappa shape index (κ2) is 44.9. The highest BCUT2D eigenvalue weighted by atomic mass is 14.3. The summed E-state index contributed by atoms with van der Waals surface area (Å²) >= 11 is 0. The molecule has 0 saturated heterocycles. The molecule has 0 bridgehead atoms. The van der Waals surface area contributed by atoms with E-state index in [9.17, 15) is 0 Å². The van der Waals surface area contributed by atoms with Gasteiger partial charge in [-0.25, -0.2) is 0 Å². The van der Waals surface area contributed by atoms with Crippen LogP contribution in [0.5, 0.6) is 0 Å². The fourth-order valence-electron chi connectivity index (χ4n) is 16.3. The highest BCUT2D eigenvalue weighted by molar-refractivity contribution is 6.01. The van der Waals surface area contributed by atoms with E-state index in [1.807, 2.05) is 0 Å². The summed E-state index contributed by atoms with van der Waals surface area (Å²) in [5, 5.41) is 0. The first-order valence-corrected chi connectivity index (χ1v) is 43.8. The molecule has 0 radical (unpaired) electrons. The van der Waals surface area contributed by atoms with Gasteiger partial charge in [0.1, 0.15) is 0 Å². The van der Waals surface area contributed by atoms with Gasteiger partial charge in [0.15, 0.2) is 0 Å². The summed E-state index contributed by atoms with van der Waals surface area (Å²) in [6.45, 7) is 92.3. The fourth-order valence-corrected chi connectivity index (χ4v) is 16.3. The molecule has 0 aliphatic heterocycles. The predicted molar refractivity (Wildman–Crippen MR) is 539 cm³/mol. The maximum Gasteiger partial charge on any atom is -0.00668 e. The van der Waals surface area contributed by atoms with E-state index in [4.69, 9.17) is 0 Å². The highest BCUT2D eigenvalue weighted by Crippen LogP contribution is 2.48. The van der Waals surface area contributed by atoms with Gasteiger partial charge in [-0.15, -0.1) is 0 Å². The second-order valence-corrected chi connectivity index (χ2v) is 35.1. The van der Waals surface area contributed by atoms with Crippen molar-refractivity contribution >= 4 is 0 Å². The van der Waals surface area contributed by atoms with Crippen molar-refractivity contribution in [2.45, 2.75) is 291 Å². The molecule has 13 aromatic rings. The van der Waals surface area contributed by atoms with Crippen molar-refractivity contribution in [1.29, 1.82) is 0 Å². The van der Waals surface area contributed by atoms with Crippen LogP contribution in [0, 0.1) is 291 Å². The van der Waals surface area contributed by atoms with Crippen LogP contribution in [0.3, 0.4) is 0 Å². The van der Waals surface area contributed by atoms with Crippen LogP contribution in [0.4, 0.5) is 0 Å². The summed E-state index contributed by atoms with van der Waals surface area (Å²) in [6.07, 6.45) is 0. The van der Waals surface area contributed by atoms with E-state index < -0.39 is 0 Å². The van der Waals surface area contributed by atoms with Crippen molar-refractivity contribution in [2.24, 2.45) is 0 Å². The van der Waals surface area contributed by atoms with Gasteiger partial charge in [-0.1, -0.05) is 175 Å². The Morgan fingerprint density at radius 2 is 0.242 bits per heavy atom. The molecule has 0 spiro atoms. The average molecular weight is 1600 g/mol. The SMILES string of the molecule is Cc1c(-c2ccccc2)c(-c2ccccc2)c(C)c(-c2ccccc2)c1-c1ccccc1.Cc1c(C)c(C)c(C)c(C)c1C.Cc1c(C)c(C)c(C)c(C)c1C.Cc1c(C)c(C)c(C)c(C)c1C.Cc1c(C)c(C)c(C)c(C)c1C.Cc1cc(C)c(C)c(C)c1.Cc1cc(C)c(C)c(C)c1C.Cc1ccc(C)c(C)c1C.Cc1cccc(C)c1C. The maximum absolute atomic E-state index is 2.28. The minimum absolute atomic E-state index is 1.25. The lowest BCUT2D eigenvalue weighted by molar-refractivity contribution is 1.13. The molecular formula is C120H154. The van der Waals surface area contributed by atoms with E-state index in [0.29, 0.717) is 0 Å². The van der Waals surface area contributed by atoms with Crippen LogP contribution in [-0.2, 0) is 0 Å². The lowest BCUT2D eigenvalue weighted by Crippen LogP contribution is -2.01. The molecular weight excluding hydrogens is 1440 g/mol. The Hall–Kier alpha value is -10.1. The Morgan fingerprint density at radius 3 is 0.417 bits per heavy atom. The molecule has 0 aliphatic rings. The maximum atomic E-state index is 2.28. The first-order valence-electron chi connectivity index (χ1n) is 43.8. The Bertz CT molecular complexity index is 4700. The summed E-state index contributed by atoms with van der Waals surface area (Å²) in [5.41, 5.74) is 70.3. The summed E-state index contributed by atoms with van der Waals surface area (Å²) in [5.74, 6) is 0. The van der Waals surface area contributed by atoms with Crippen molar-refractivity contribution in [3.63, 3.8) is 0 Å². The van der Waals surface area contributed by atoms with Crippen molar-refractivity contribution in [1.82, 2.24) is 0 Å². The number of hydrogen-bond donors (Lipinski definition) is 0. The topological polar surface area (TPSA) is 0 Å².